The van der Waals surface area contributed by atoms with Crippen molar-refractivity contribution in [2.75, 3.05) is 28.7 Å². The summed E-state index contributed by atoms with van der Waals surface area (Å²) in [6.45, 7) is 6.82. The zero-order valence-electron chi connectivity index (χ0n) is 24.6. The molecule has 44 heavy (non-hydrogen) atoms. The Hall–Kier alpha value is -5.19. The van der Waals surface area contributed by atoms with E-state index in [0.717, 1.165) is 4.90 Å². The number of nitrogens with zero attached hydrogens (tertiary/aromatic N) is 4. The van der Waals surface area contributed by atoms with Gasteiger partial charge in [-0.15, -0.1) is 0 Å². The van der Waals surface area contributed by atoms with Crippen LogP contribution in [0.4, 0.5) is 36.0 Å². The first-order valence-corrected chi connectivity index (χ1v) is 13.9. The van der Waals surface area contributed by atoms with Crippen LogP contribution in [0.3, 0.4) is 0 Å². The molecule has 2 aliphatic rings. The lowest BCUT2D eigenvalue weighted by Crippen LogP contribution is -2.37. The molecule has 1 aromatic carbocycles. The van der Waals surface area contributed by atoms with Crippen molar-refractivity contribution in [3.63, 3.8) is 0 Å². The number of hydrogen-bond donors (Lipinski definition) is 3. The second kappa shape index (κ2) is 11.8. The van der Waals surface area contributed by atoms with Crippen molar-refractivity contribution in [1.82, 2.24) is 9.97 Å². The van der Waals surface area contributed by atoms with Crippen molar-refractivity contribution in [2.24, 2.45) is 5.92 Å². The number of carboxylic acid groups (broad SMARTS) is 1. The van der Waals surface area contributed by atoms with Gasteiger partial charge < -0.3 is 19.3 Å². The third kappa shape index (κ3) is 6.26. The molecule has 0 unspecified atom stereocenters. The Bertz CT molecular complexity index is 1690. The Morgan fingerprint density at radius 3 is 2.59 bits per heavy atom. The molecule has 13 nitrogen and oxygen atoms in total. The second-order valence-corrected chi connectivity index (χ2v) is 11.6. The molecule has 1 aliphatic carbocycles. The molecule has 5 rings (SSSR count). The standard InChI is InChI=1S/C30H31FN6O7/c1-15-20(13-34-26-25(15)37(29(40)41)7-8-42-26)19-11-17-12-22(35-27(38)43-18-9-16(10-18)5-6-32)33-14-21(17)24(23(19)31)36-28(39)44-30(2,3)4/h11-14,16,18H,5,7-10H2,1-4H3,(H,36,39)(H,40,41)(H,33,35,38). The molecule has 3 aromatic rings. The molecule has 0 spiro atoms. The summed E-state index contributed by atoms with van der Waals surface area (Å²) in [5.41, 5.74) is -0.243. The normalized spacial score (nSPS) is 17.4. The summed E-state index contributed by atoms with van der Waals surface area (Å²) in [5, 5.41) is 24.2. The Morgan fingerprint density at radius 2 is 1.91 bits per heavy atom. The van der Waals surface area contributed by atoms with Crippen molar-refractivity contribution in [1.29, 1.82) is 5.26 Å². The van der Waals surface area contributed by atoms with E-state index in [4.69, 9.17) is 19.5 Å². The number of amides is 3. The summed E-state index contributed by atoms with van der Waals surface area (Å²) in [7, 11) is 0. The summed E-state index contributed by atoms with van der Waals surface area (Å²) in [6.07, 6.45) is 1.15. The second-order valence-electron chi connectivity index (χ2n) is 11.6. The lowest BCUT2D eigenvalue weighted by Gasteiger charge is -2.32. The number of benzene rings is 1. The highest BCUT2D eigenvalue weighted by Gasteiger charge is 2.32. The highest BCUT2D eigenvalue weighted by molar-refractivity contribution is 6.04. The third-order valence-corrected chi connectivity index (χ3v) is 7.28. The molecule has 1 saturated carbocycles. The Morgan fingerprint density at radius 1 is 1.16 bits per heavy atom. The van der Waals surface area contributed by atoms with Crippen LogP contribution < -0.4 is 20.3 Å². The molecule has 2 aromatic heterocycles. The number of hydrogen-bond acceptors (Lipinski definition) is 9. The average molecular weight is 607 g/mol. The fourth-order valence-electron chi connectivity index (χ4n) is 5.22. The fraction of sp³-hybridized carbons (Fsp3) is 0.400. The third-order valence-electron chi connectivity index (χ3n) is 7.28. The van der Waals surface area contributed by atoms with Crippen LogP contribution in [0.5, 0.6) is 5.88 Å². The maximum atomic E-state index is 16.3. The van der Waals surface area contributed by atoms with E-state index < -0.39 is 29.7 Å². The number of halogens is 1. The van der Waals surface area contributed by atoms with Crippen LogP contribution in [0.2, 0.25) is 0 Å². The van der Waals surface area contributed by atoms with E-state index in [9.17, 15) is 19.5 Å². The van der Waals surface area contributed by atoms with Crippen LogP contribution in [0.1, 0.15) is 45.6 Å². The number of pyridine rings is 2. The van der Waals surface area contributed by atoms with Gasteiger partial charge >= 0.3 is 18.3 Å². The van der Waals surface area contributed by atoms with Gasteiger partial charge in [-0.2, -0.15) is 5.26 Å². The molecular formula is C30H31FN6O7. The maximum absolute atomic E-state index is 16.3. The zero-order valence-corrected chi connectivity index (χ0v) is 24.6. The van der Waals surface area contributed by atoms with Crippen molar-refractivity contribution in [2.45, 2.75) is 58.7 Å². The topological polar surface area (TPSA) is 176 Å². The number of carbonyl (C=O) groups is 3. The first-order valence-electron chi connectivity index (χ1n) is 13.9. The highest BCUT2D eigenvalue weighted by atomic mass is 19.1. The molecule has 0 saturated heterocycles. The first kappa shape index (κ1) is 30.3. The molecule has 3 heterocycles. The summed E-state index contributed by atoms with van der Waals surface area (Å²) >= 11 is 0. The number of nitriles is 1. The van der Waals surface area contributed by atoms with Crippen LogP contribution >= 0.6 is 0 Å². The predicted octanol–water partition coefficient (Wildman–Crippen LogP) is 6.21. The average Bonchev–Trinajstić information content (AvgIpc) is 2.92. The fourth-order valence-corrected chi connectivity index (χ4v) is 5.22. The van der Waals surface area contributed by atoms with E-state index in [1.54, 1.807) is 27.7 Å². The molecular weight excluding hydrogens is 575 g/mol. The molecule has 1 aliphatic heterocycles. The van der Waals surface area contributed by atoms with Crippen molar-refractivity contribution in [3.8, 4) is 23.1 Å². The van der Waals surface area contributed by atoms with Gasteiger partial charge in [0.2, 0.25) is 5.88 Å². The Labute approximate surface area is 251 Å². The first-order chi connectivity index (χ1) is 20.8. The number of carbonyl (C=O) groups excluding carboxylic acids is 2. The Balaban J connectivity index is 1.54. The van der Waals surface area contributed by atoms with Crippen LogP contribution in [-0.2, 0) is 9.47 Å². The minimum Gasteiger partial charge on any atom is -0.474 e. The lowest BCUT2D eigenvalue weighted by atomic mass is 9.80. The molecule has 1 fully saturated rings. The summed E-state index contributed by atoms with van der Waals surface area (Å²) in [6, 6.07) is 5.09. The van der Waals surface area contributed by atoms with Gasteiger partial charge in [-0.3, -0.25) is 15.5 Å². The van der Waals surface area contributed by atoms with Crippen LogP contribution in [0.15, 0.2) is 24.5 Å². The van der Waals surface area contributed by atoms with Crippen LogP contribution in [-0.4, -0.2) is 58.2 Å². The smallest absolute Gasteiger partial charge is 0.413 e. The Kier molecular flexibility index (Phi) is 8.14. The molecule has 230 valence electrons. The summed E-state index contributed by atoms with van der Waals surface area (Å²) in [5.74, 6) is -0.406. The van der Waals surface area contributed by atoms with Gasteiger partial charge in [0, 0.05) is 35.3 Å². The summed E-state index contributed by atoms with van der Waals surface area (Å²) < 4.78 is 32.6. The van der Waals surface area contributed by atoms with Crippen molar-refractivity contribution < 1.29 is 38.1 Å². The van der Waals surface area contributed by atoms with Gasteiger partial charge in [0.15, 0.2) is 5.82 Å². The lowest BCUT2D eigenvalue weighted by molar-refractivity contribution is 0.0264. The highest BCUT2D eigenvalue weighted by Crippen LogP contribution is 2.42. The van der Waals surface area contributed by atoms with Gasteiger partial charge in [0.25, 0.3) is 0 Å². The largest absolute Gasteiger partial charge is 0.474 e. The van der Waals surface area contributed by atoms with E-state index in [-0.39, 0.29) is 64.8 Å². The minimum atomic E-state index is -1.21. The van der Waals surface area contributed by atoms with Gasteiger partial charge in [-0.05, 0) is 69.5 Å². The molecule has 0 radical (unpaired) electrons. The molecule has 3 amide bonds. The van der Waals surface area contributed by atoms with E-state index >= 15 is 4.39 Å². The van der Waals surface area contributed by atoms with Crippen LogP contribution in [0, 0.1) is 30.0 Å². The number of aromatic nitrogens is 2. The summed E-state index contributed by atoms with van der Waals surface area (Å²) in [4.78, 5) is 46.8. The number of ether oxygens (including phenoxy) is 3. The van der Waals surface area contributed by atoms with E-state index in [2.05, 4.69) is 26.7 Å². The quantitative estimate of drug-likeness (QED) is 0.303. The van der Waals surface area contributed by atoms with Crippen molar-refractivity contribution >= 4 is 46.2 Å². The van der Waals surface area contributed by atoms with Gasteiger partial charge in [0.1, 0.15) is 29.8 Å². The van der Waals surface area contributed by atoms with Gasteiger partial charge in [-0.1, -0.05) is 0 Å². The molecule has 0 bridgehead atoms. The minimum absolute atomic E-state index is 0.00463. The molecule has 3 N–H and O–H groups in total. The monoisotopic (exact) mass is 606 g/mol. The van der Waals surface area contributed by atoms with E-state index in [1.165, 1.54) is 24.5 Å². The number of anilines is 3. The molecule has 14 heteroatoms. The van der Waals surface area contributed by atoms with Crippen molar-refractivity contribution in [3.05, 3.63) is 35.9 Å². The number of nitrogens with one attached hydrogen (secondary N) is 2. The SMILES string of the molecule is Cc1c(-c2cc3cc(NC(=O)OC4CC(CC#N)C4)ncc3c(NC(=O)OC(C)(C)C)c2F)cnc2c1N(C(=O)O)CCO2. The number of fused-ring (bicyclic) bond motifs is 2. The van der Waals surface area contributed by atoms with Crippen LogP contribution in [0.25, 0.3) is 21.9 Å². The van der Waals surface area contributed by atoms with E-state index in [1.807, 2.05) is 0 Å². The van der Waals surface area contributed by atoms with Gasteiger partial charge in [-0.25, -0.2) is 28.7 Å². The predicted molar refractivity (Wildman–Crippen MR) is 157 cm³/mol. The van der Waals surface area contributed by atoms with E-state index in [0.29, 0.717) is 30.2 Å². The van der Waals surface area contributed by atoms with Gasteiger partial charge in [0.05, 0.1) is 18.3 Å². The molecule has 0 atom stereocenters. The zero-order chi connectivity index (χ0) is 31.8. The maximum Gasteiger partial charge on any atom is 0.413 e. The number of rotatable bonds is 5.